The molecule has 0 bridgehead atoms. The number of benzene rings is 1. The Morgan fingerprint density at radius 3 is 3.12 bits per heavy atom. The summed E-state index contributed by atoms with van der Waals surface area (Å²) in [7, 11) is 0. The first-order valence-corrected chi connectivity index (χ1v) is 7.48. The number of carbonyl (C=O) groups excluding carboxylic acids is 1. The second-order valence-electron chi connectivity index (χ2n) is 4.06. The van der Waals surface area contributed by atoms with Crippen molar-refractivity contribution in [2.24, 2.45) is 0 Å². The van der Waals surface area contributed by atoms with Gasteiger partial charge in [-0.2, -0.15) is 0 Å². The number of hydrogen-bond acceptors (Lipinski definition) is 3. The first-order valence-electron chi connectivity index (χ1n) is 5.54. The minimum absolute atomic E-state index is 0.0346. The van der Waals surface area contributed by atoms with Crippen LogP contribution in [0, 0.1) is 0 Å². The zero-order valence-electron chi connectivity index (χ0n) is 9.57. The fourth-order valence-corrected chi connectivity index (χ4v) is 3.10. The summed E-state index contributed by atoms with van der Waals surface area (Å²) in [6, 6.07) is 8.00. The fraction of sp³-hybridized carbons (Fsp3) is 0.417. The predicted octanol–water partition coefficient (Wildman–Crippen LogP) is 2.29. The summed E-state index contributed by atoms with van der Waals surface area (Å²) < 4.78 is 1.03. The lowest BCUT2D eigenvalue weighted by Crippen LogP contribution is -2.42. The average Bonchev–Trinajstić information content (AvgIpc) is 2.82. The molecule has 2 atom stereocenters. The van der Waals surface area contributed by atoms with Gasteiger partial charge in [0.05, 0.1) is 12.1 Å². The molecule has 0 aromatic heterocycles. The van der Waals surface area contributed by atoms with Crippen LogP contribution in [0.4, 0.5) is 0 Å². The smallest absolute Gasteiger partial charge is 0.238 e. The molecule has 5 heteroatoms. The SMILES string of the molecule is C[C@H](NC(=O)C1CSCN1)c1cccc(Br)c1. The van der Waals surface area contributed by atoms with E-state index in [0.717, 1.165) is 21.7 Å². The van der Waals surface area contributed by atoms with E-state index in [4.69, 9.17) is 0 Å². The Morgan fingerprint density at radius 2 is 2.47 bits per heavy atom. The molecule has 1 heterocycles. The third-order valence-electron chi connectivity index (χ3n) is 2.74. The topological polar surface area (TPSA) is 41.1 Å². The van der Waals surface area contributed by atoms with Gasteiger partial charge in [-0.1, -0.05) is 28.1 Å². The lowest BCUT2D eigenvalue weighted by Gasteiger charge is -2.17. The maximum absolute atomic E-state index is 11.9. The summed E-state index contributed by atoms with van der Waals surface area (Å²) in [6.45, 7) is 2.00. The molecule has 1 aromatic rings. The quantitative estimate of drug-likeness (QED) is 0.899. The van der Waals surface area contributed by atoms with Crippen LogP contribution in [-0.2, 0) is 4.79 Å². The Balaban J connectivity index is 1.96. The number of halogens is 1. The summed E-state index contributed by atoms with van der Waals surface area (Å²) in [5.74, 6) is 1.81. The average molecular weight is 315 g/mol. The zero-order chi connectivity index (χ0) is 12.3. The maximum atomic E-state index is 11.9. The van der Waals surface area contributed by atoms with Crippen LogP contribution < -0.4 is 10.6 Å². The molecule has 2 rings (SSSR count). The monoisotopic (exact) mass is 314 g/mol. The number of thioether (sulfide) groups is 1. The molecule has 0 spiro atoms. The molecule has 1 fully saturated rings. The Labute approximate surface area is 114 Å². The first-order chi connectivity index (χ1) is 8.16. The van der Waals surface area contributed by atoms with E-state index in [0.29, 0.717) is 0 Å². The molecule has 0 aliphatic carbocycles. The van der Waals surface area contributed by atoms with Crippen LogP contribution in [-0.4, -0.2) is 23.6 Å². The van der Waals surface area contributed by atoms with Crippen molar-refractivity contribution in [2.45, 2.75) is 19.0 Å². The molecule has 1 aliphatic heterocycles. The number of nitrogens with one attached hydrogen (secondary N) is 2. The molecule has 92 valence electrons. The van der Waals surface area contributed by atoms with Crippen LogP contribution in [0.1, 0.15) is 18.5 Å². The number of hydrogen-bond donors (Lipinski definition) is 2. The van der Waals surface area contributed by atoms with Crippen molar-refractivity contribution in [1.29, 1.82) is 0 Å². The van der Waals surface area contributed by atoms with Crippen molar-refractivity contribution < 1.29 is 4.79 Å². The van der Waals surface area contributed by atoms with E-state index < -0.39 is 0 Å². The van der Waals surface area contributed by atoms with Gasteiger partial charge in [0.25, 0.3) is 0 Å². The molecule has 1 saturated heterocycles. The van der Waals surface area contributed by atoms with E-state index in [1.54, 1.807) is 11.8 Å². The Bertz CT molecular complexity index is 407. The predicted molar refractivity (Wildman–Crippen MR) is 74.9 cm³/mol. The number of rotatable bonds is 3. The van der Waals surface area contributed by atoms with Gasteiger partial charge in [-0.05, 0) is 24.6 Å². The van der Waals surface area contributed by atoms with E-state index in [-0.39, 0.29) is 18.0 Å². The molecular formula is C12H15BrN2OS. The molecule has 17 heavy (non-hydrogen) atoms. The van der Waals surface area contributed by atoms with E-state index in [1.807, 2.05) is 31.2 Å². The minimum atomic E-state index is -0.0467. The van der Waals surface area contributed by atoms with Crippen LogP contribution in [0.5, 0.6) is 0 Å². The molecule has 0 saturated carbocycles. The van der Waals surface area contributed by atoms with Crippen molar-refractivity contribution >= 4 is 33.6 Å². The minimum Gasteiger partial charge on any atom is -0.348 e. The molecule has 3 nitrogen and oxygen atoms in total. The van der Waals surface area contributed by atoms with Crippen molar-refractivity contribution in [1.82, 2.24) is 10.6 Å². The highest BCUT2D eigenvalue weighted by Crippen LogP contribution is 2.18. The van der Waals surface area contributed by atoms with Crippen LogP contribution in [0.3, 0.4) is 0 Å². The molecule has 0 radical (unpaired) electrons. The highest BCUT2D eigenvalue weighted by atomic mass is 79.9. The number of amides is 1. The third kappa shape index (κ3) is 3.47. The van der Waals surface area contributed by atoms with Crippen molar-refractivity contribution in [2.75, 3.05) is 11.6 Å². The Morgan fingerprint density at radius 1 is 1.65 bits per heavy atom. The number of carbonyl (C=O) groups is 1. The van der Waals surface area contributed by atoms with Gasteiger partial charge in [-0.25, -0.2) is 0 Å². The molecule has 1 amide bonds. The molecule has 2 N–H and O–H groups in total. The maximum Gasteiger partial charge on any atom is 0.238 e. The molecule has 1 unspecified atom stereocenters. The molecular weight excluding hydrogens is 300 g/mol. The van der Waals surface area contributed by atoms with Gasteiger partial charge < -0.3 is 5.32 Å². The van der Waals surface area contributed by atoms with E-state index in [1.165, 1.54) is 0 Å². The standard InChI is InChI=1S/C12H15BrN2OS/c1-8(9-3-2-4-10(13)5-9)15-12(16)11-6-17-7-14-11/h2-5,8,11,14H,6-7H2,1H3,(H,15,16)/t8-,11?/m0/s1. The van der Waals surface area contributed by atoms with E-state index in [9.17, 15) is 4.79 Å². The highest BCUT2D eigenvalue weighted by molar-refractivity contribution is 9.10. The lowest BCUT2D eigenvalue weighted by molar-refractivity contribution is -0.123. The fourth-order valence-electron chi connectivity index (χ4n) is 1.74. The summed E-state index contributed by atoms with van der Waals surface area (Å²) in [5.41, 5.74) is 1.11. The Kier molecular flexibility index (Phi) is 4.48. The van der Waals surface area contributed by atoms with Gasteiger partial charge in [0.1, 0.15) is 0 Å². The van der Waals surface area contributed by atoms with Gasteiger partial charge in [-0.15, -0.1) is 11.8 Å². The summed E-state index contributed by atoms with van der Waals surface area (Å²) >= 11 is 5.19. The van der Waals surface area contributed by atoms with Crippen LogP contribution in [0.25, 0.3) is 0 Å². The molecule has 1 aromatic carbocycles. The van der Waals surface area contributed by atoms with E-state index in [2.05, 4.69) is 26.6 Å². The highest BCUT2D eigenvalue weighted by Gasteiger charge is 2.23. The van der Waals surface area contributed by atoms with Crippen molar-refractivity contribution in [3.05, 3.63) is 34.3 Å². The molecule has 1 aliphatic rings. The largest absolute Gasteiger partial charge is 0.348 e. The lowest BCUT2D eigenvalue weighted by atomic mass is 10.1. The van der Waals surface area contributed by atoms with Crippen molar-refractivity contribution in [3.8, 4) is 0 Å². The summed E-state index contributed by atoms with van der Waals surface area (Å²) in [6.07, 6.45) is 0. The second kappa shape index (κ2) is 5.89. The van der Waals surface area contributed by atoms with Gasteiger partial charge in [0, 0.05) is 16.1 Å². The third-order valence-corrected chi connectivity index (χ3v) is 4.17. The normalized spacial score (nSPS) is 21.2. The zero-order valence-corrected chi connectivity index (χ0v) is 12.0. The van der Waals surface area contributed by atoms with Gasteiger partial charge >= 0.3 is 0 Å². The van der Waals surface area contributed by atoms with Gasteiger partial charge in [0.15, 0.2) is 0 Å². The van der Waals surface area contributed by atoms with Gasteiger partial charge in [-0.3, -0.25) is 10.1 Å². The second-order valence-corrected chi connectivity index (χ2v) is 6.00. The Hall–Kier alpha value is -0.520. The van der Waals surface area contributed by atoms with Crippen LogP contribution in [0.2, 0.25) is 0 Å². The summed E-state index contributed by atoms with van der Waals surface area (Å²) in [4.78, 5) is 11.9. The van der Waals surface area contributed by atoms with Gasteiger partial charge in [0.2, 0.25) is 5.91 Å². The summed E-state index contributed by atoms with van der Waals surface area (Å²) in [5, 5.41) is 6.20. The van der Waals surface area contributed by atoms with E-state index >= 15 is 0 Å². The first kappa shape index (κ1) is 12.9. The van der Waals surface area contributed by atoms with Crippen LogP contribution >= 0.6 is 27.7 Å². The van der Waals surface area contributed by atoms with Crippen LogP contribution in [0.15, 0.2) is 28.7 Å². The van der Waals surface area contributed by atoms with Crippen molar-refractivity contribution in [3.63, 3.8) is 0 Å².